The van der Waals surface area contributed by atoms with Gasteiger partial charge in [-0.05, 0) is 28.1 Å². The van der Waals surface area contributed by atoms with Crippen molar-refractivity contribution in [3.8, 4) is 0 Å². The molecule has 0 aliphatic rings. The van der Waals surface area contributed by atoms with E-state index in [9.17, 15) is 0 Å². The van der Waals surface area contributed by atoms with E-state index in [-0.39, 0.29) is 0 Å². The van der Waals surface area contributed by atoms with Gasteiger partial charge in [0.05, 0.1) is 16.9 Å². The highest BCUT2D eigenvalue weighted by Gasteiger charge is 1.96. The van der Waals surface area contributed by atoms with E-state index in [1.807, 2.05) is 23.8 Å². The zero-order valence-electron chi connectivity index (χ0n) is 8.69. The Morgan fingerprint density at radius 3 is 2.88 bits per heavy atom. The van der Waals surface area contributed by atoms with Crippen LogP contribution in [-0.4, -0.2) is 16.5 Å². The summed E-state index contributed by atoms with van der Waals surface area (Å²) in [6, 6.07) is 4.02. The highest BCUT2D eigenvalue weighted by Crippen LogP contribution is 2.07. The molecule has 0 aliphatic heterocycles. The molecule has 2 rings (SSSR count). The first-order chi connectivity index (χ1) is 7.84. The molecule has 0 unspecified atom stereocenters. The quantitative estimate of drug-likeness (QED) is 0.862. The molecule has 0 amide bonds. The second kappa shape index (κ2) is 6.08. The van der Waals surface area contributed by atoms with Crippen LogP contribution in [0.4, 0.5) is 0 Å². The first kappa shape index (κ1) is 11.7. The Labute approximate surface area is 107 Å². The molecule has 0 atom stereocenters. The minimum absolute atomic E-state index is 0.803. The third-order valence-electron chi connectivity index (χ3n) is 2.14. The lowest BCUT2D eigenvalue weighted by molar-refractivity contribution is 0.670. The zero-order chi connectivity index (χ0) is 11.2. The van der Waals surface area contributed by atoms with Crippen LogP contribution in [-0.2, 0) is 13.0 Å². The minimum atomic E-state index is 0.803. The monoisotopic (exact) mass is 297 g/mol. The summed E-state index contributed by atoms with van der Waals surface area (Å²) in [5.41, 5.74) is 4.08. The van der Waals surface area contributed by atoms with Gasteiger partial charge in [-0.25, -0.2) is 4.98 Å². The molecule has 84 valence electrons. The molecule has 0 spiro atoms. The molecule has 0 fully saturated rings. The van der Waals surface area contributed by atoms with E-state index in [2.05, 4.69) is 36.6 Å². The average Bonchev–Trinajstić information content (AvgIpc) is 2.80. The maximum Gasteiger partial charge on any atom is 0.0794 e. The smallest absolute Gasteiger partial charge is 0.0794 e. The Bertz CT molecular complexity index is 413. The molecule has 5 heteroatoms. The molecule has 2 heterocycles. The number of nitrogens with zero attached hydrogens (tertiary/aromatic N) is 2. The molecule has 0 saturated carbocycles. The topological polar surface area (TPSA) is 37.8 Å². The van der Waals surface area contributed by atoms with Crippen LogP contribution in [0.5, 0.6) is 0 Å². The van der Waals surface area contributed by atoms with Crippen LogP contribution in [0.2, 0.25) is 0 Å². The van der Waals surface area contributed by atoms with Crippen LogP contribution < -0.4 is 5.32 Å². The largest absolute Gasteiger partial charge is 0.311 e. The number of nitrogens with one attached hydrogen (secondary N) is 1. The highest BCUT2D eigenvalue weighted by atomic mass is 79.9. The van der Waals surface area contributed by atoms with Crippen LogP contribution in [0.1, 0.15) is 11.4 Å². The molecule has 0 aliphatic carbocycles. The van der Waals surface area contributed by atoms with Crippen LogP contribution in [0.25, 0.3) is 0 Å². The summed E-state index contributed by atoms with van der Waals surface area (Å²) in [4.78, 5) is 8.52. The molecule has 0 radical (unpaired) electrons. The third-order valence-corrected chi connectivity index (χ3v) is 3.24. The summed E-state index contributed by atoms with van der Waals surface area (Å²) in [6.07, 6.45) is 2.79. The van der Waals surface area contributed by atoms with Crippen LogP contribution >= 0.6 is 27.3 Å². The molecular weight excluding hydrogens is 286 g/mol. The number of halogens is 1. The Morgan fingerprint density at radius 2 is 2.19 bits per heavy atom. The second-order valence-electron chi connectivity index (χ2n) is 3.37. The van der Waals surface area contributed by atoms with Crippen molar-refractivity contribution in [1.29, 1.82) is 0 Å². The molecule has 0 bridgehead atoms. The van der Waals surface area contributed by atoms with E-state index in [0.717, 1.165) is 35.4 Å². The number of hydrogen-bond donors (Lipinski definition) is 1. The van der Waals surface area contributed by atoms with E-state index >= 15 is 0 Å². The number of aromatic nitrogens is 2. The van der Waals surface area contributed by atoms with Gasteiger partial charge < -0.3 is 5.32 Å². The van der Waals surface area contributed by atoms with Crippen molar-refractivity contribution >= 4 is 27.3 Å². The Morgan fingerprint density at radius 1 is 1.25 bits per heavy atom. The van der Waals surface area contributed by atoms with E-state index in [0.29, 0.717) is 0 Å². The molecule has 1 N–H and O–H groups in total. The predicted octanol–water partition coefficient (Wildman–Crippen LogP) is 2.63. The van der Waals surface area contributed by atoms with Crippen molar-refractivity contribution < 1.29 is 0 Å². The molecule has 3 nitrogen and oxygen atoms in total. The predicted molar refractivity (Wildman–Crippen MR) is 69.5 cm³/mol. The van der Waals surface area contributed by atoms with E-state index in [4.69, 9.17) is 0 Å². The molecule has 16 heavy (non-hydrogen) atoms. The SMILES string of the molecule is Brc1ccc(CNCCc2cscn2)nc1. The summed E-state index contributed by atoms with van der Waals surface area (Å²) >= 11 is 5.00. The summed E-state index contributed by atoms with van der Waals surface area (Å²) in [5, 5.41) is 5.43. The van der Waals surface area contributed by atoms with E-state index < -0.39 is 0 Å². The summed E-state index contributed by atoms with van der Waals surface area (Å²) in [6.45, 7) is 1.74. The van der Waals surface area contributed by atoms with Gasteiger partial charge in [-0.3, -0.25) is 4.98 Å². The van der Waals surface area contributed by atoms with Crippen LogP contribution in [0.15, 0.2) is 33.7 Å². The van der Waals surface area contributed by atoms with Gasteiger partial charge in [0.25, 0.3) is 0 Å². The van der Waals surface area contributed by atoms with Crippen molar-refractivity contribution in [1.82, 2.24) is 15.3 Å². The maximum atomic E-state index is 4.29. The Kier molecular flexibility index (Phi) is 4.44. The van der Waals surface area contributed by atoms with Crippen molar-refractivity contribution in [2.45, 2.75) is 13.0 Å². The molecule has 2 aromatic rings. The van der Waals surface area contributed by atoms with Crippen LogP contribution in [0.3, 0.4) is 0 Å². The van der Waals surface area contributed by atoms with E-state index in [1.54, 1.807) is 11.3 Å². The first-order valence-electron chi connectivity index (χ1n) is 5.03. The lowest BCUT2D eigenvalue weighted by Crippen LogP contribution is -2.17. The first-order valence-corrected chi connectivity index (χ1v) is 6.76. The number of rotatable bonds is 5. The fourth-order valence-electron chi connectivity index (χ4n) is 1.30. The zero-order valence-corrected chi connectivity index (χ0v) is 11.1. The summed E-state index contributed by atoms with van der Waals surface area (Å²) in [7, 11) is 0. The lowest BCUT2D eigenvalue weighted by Gasteiger charge is -2.02. The minimum Gasteiger partial charge on any atom is -0.311 e. The highest BCUT2D eigenvalue weighted by molar-refractivity contribution is 9.10. The average molecular weight is 298 g/mol. The number of thiazole rings is 1. The molecule has 0 aromatic carbocycles. The number of hydrogen-bond acceptors (Lipinski definition) is 4. The standard InChI is InChI=1S/C11H12BrN3S/c12-9-1-2-10(14-5-9)6-13-4-3-11-7-16-8-15-11/h1-2,5,7-8,13H,3-4,6H2. The lowest BCUT2D eigenvalue weighted by atomic mass is 10.3. The maximum absolute atomic E-state index is 4.29. The second-order valence-corrected chi connectivity index (χ2v) is 5.01. The normalized spacial score (nSPS) is 10.6. The molecule has 2 aromatic heterocycles. The number of pyridine rings is 1. The van der Waals surface area contributed by atoms with Gasteiger partial charge in [0.15, 0.2) is 0 Å². The van der Waals surface area contributed by atoms with Crippen molar-refractivity contribution in [3.05, 3.63) is 45.1 Å². The van der Waals surface area contributed by atoms with Gasteiger partial charge in [-0.2, -0.15) is 0 Å². The Hall–Kier alpha value is -0.780. The summed E-state index contributed by atoms with van der Waals surface area (Å²) < 4.78 is 1.01. The summed E-state index contributed by atoms with van der Waals surface area (Å²) in [5.74, 6) is 0. The molecular formula is C11H12BrN3S. The van der Waals surface area contributed by atoms with Crippen molar-refractivity contribution in [2.24, 2.45) is 0 Å². The Balaban J connectivity index is 1.70. The molecule has 0 saturated heterocycles. The van der Waals surface area contributed by atoms with Gasteiger partial charge in [0, 0.05) is 35.6 Å². The van der Waals surface area contributed by atoms with Gasteiger partial charge >= 0.3 is 0 Å². The van der Waals surface area contributed by atoms with Crippen LogP contribution in [0, 0.1) is 0 Å². The fraction of sp³-hybridized carbons (Fsp3) is 0.273. The van der Waals surface area contributed by atoms with Gasteiger partial charge in [-0.1, -0.05) is 0 Å². The van der Waals surface area contributed by atoms with Crippen molar-refractivity contribution in [3.63, 3.8) is 0 Å². The van der Waals surface area contributed by atoms with E-state index in [1.165, 1.54) is 0 Å². The van der Waals surface area contributed by atoms with Crippen molar-refractivity contribution in [2.75, 3.05) is 6.54 Å². The fourth-order valence-corrected chi connectivity index (χ4v) is 2.13. The van der Waals surface area contributed by atoms with Gasteiger partial charge in [0.1, 0.15) is 0 Å². The third kappa shape index (κ3) is 3.66. The van der Waals surface area contributed by atoms with Gasteiger partial charge in [0.2, 0.25) is 0 Å². The van der Waals surface area contributed by atoms with Gasteiger partial charge in [-0.15, -0.1) is 11.3 Å².